The van der Waals surface area contributed by atoms with E-state index in [0.29, 0.717) is 24.2 Å². The monoisotopic (exact) mass is 329 g/mol. The average Bonchev–Trinajstić information content (AvgIpc) is 3.26. The summed E-state index contributed by atoms with van der Waals surface area (Å²) in [6.07, 6.45) is 4.11. The molecule has 128 valence electrons. The summed E-state index contributed by atoms with van der Waals surface area (Å²) >= 11 is 0. The normalized spacial score (nSPS) is 20.3. The number of aromatic nitrogens is 3. The topological polar surface area (TPSA) is 94.1 Å². The Morgan fingerprint density at radius 2 is 2.29 bits per heavy atom. The predicted molar refractivity (Wildman–Crippen MR) is 90.6 cm³/mol. The Morgan fingerprint density at radius 3 is 3.04 bits per heavy atom. The summed E-state index contributed by atoms with van der Waals surface area (Å²) < 4.78 is 0. The molecule has 1 fully saturated rings. The number of β-amino-alcohol motifs (C(OH)–C–C–N with tert-alkyl or cyclic N) is 1. The zero-order valence-corrected chi connectivity index (χ0v) is 13.8. The number of amides is 1. The van der Waals surface area contributed by atoms with Crippen LogP contribution in [0, 0.1) is 0 Å². The maximum atomic E-state index is 12.9. The lowest BCUT2D eigenvalue weighted by Gasteiger charge is -2.22. The Labute approximate surface area is 141 Å². The van der Waals surface area contributed by atoms with Crippen molar-refractivity contribution < 1.29 is 9.90 Å². The fourth-order valence-corrected chi connectivity index (χ4v) is 3.00. The number of carbonyl (C=O) groups excluding carboxylic acids is 1. The van der Waals surface area contributed by atoms with Crippen LogP contribution in [0.5, 0.6) is 0 Å². The summed E-state index contributed by atoms with van der Waals surface area (Å²) in [6, 6.07) is 7.52. The molecule has 1 aromatic heterocycles. The highest BCUT2D eigenvalue weighted by Gasteiger charge is 2.42. The Morgan fingerprint density at radius 1 is 1.46 bits per heavy atom. The molecule has 3 rings (SSSR count). The first kappa shape index (κ1) is 16.4. The lowest BCUT2D eigenvalue weighted by molar-refractivity contribution is 0.0382. The zero-order valence-electron chi connectivity index (χ0n) is 13.8. The molecule has 2 aromatic rings. The van der Waals surface area contributed by atoms with Crippen molar-refractivity contribution in [3.63, 3.8) is 0 Å². The molecule has 7 heteroatoms. The van der Waals surface area contributed by atoms with E-state index in [0.717, 1.165) is 25.1 Å². The van der Waals surface area contributed by atoms with E-state index >= 15 is 0 Å². The minimum Gasteiger partial charge on any atom is -0.384 e. The van der Waals surface area contributed by atoms with Crippen LogP contribution in [0.25, 0.3) is 0 Å². The van der Waals surface area contributed by atoms with E-state index in [1.807, 2.05) is 24.3 Å². The lowest BCUT2D eigenvalue weighted by atomic mass is 10.00. The van der Waals surface area contributed by atoms with Crippen LogP contribution in [0.15, 0.2) is 30.5 Å². The number of aromatic amines is 1. The van der Waals surface area contributed by atoms with Gasteiger partial charge in [-0.15, -0.1) is 0 Å². The van der Waals surface area contributed by atoms with Gasteiger partial charge in [0.1, 0.15) is 11.3 Å². The van der Waals surface area contributed by atoms with Gasteiger partial charge in [0.2, 0.25) is 0 Å². The molecule has 1 aliphatic heterocycles. The standard InChI is InChI=1S/C17H23N5O2/c1-2-3-9-18-14-7-5-4-6-13(14)16(23)22-10-8-17(24,12-22)15-11-19-21-20-15/h4-7,11,18,24H,2-3,8-10,12H2,1H3,(H,19,20,21). The van der Waals surface area contributed by atoms with E-state index in [1.54, 1.807) is 4.90 Å². The van der Waals surface area contributed by atoms with Gasteiger partial charge in [-0.3, -0.25) is 4.79 Å². The van der Waals surface area contributed by atoms with Crippen molar-refractivity contribution in [2.24, 2.45) is 0 Å². The second kappa shape index (κ2) is 7.00. The van der Waals surface area contributed by atoms with E-state index in [4.69, 9.17) is 0 Å². The molecule has 24 heavy (non-hydrogen) atoms. The first-order valence-electron chi connectivity index (χ1n) is 8.35. The number of hydrogen-bond acceptors (Lipinski definition) is 5. The summed E-state index contributed by atoms with van der Waals surface area (Å²) in [7, 11) is 0. The highest BCUT2D eigenvalue weighted by atomic mass is 16.3. The molecule has 1 saturated heterocycles. The van der Waals surface area contributed by atoms with Crippen molar-refractivity contribution >= 4 is 11.6 Å². The maximum Gasteiger partial charge on any atom is 0.256 e. The quantitative estimate of drug-likeness (QED) is 0.702. The second-order valence-corrected chi connectivity index (χ2v) is 6.19. The molecule has 0 bridgehead atoms. The molecule has 7 nitrogen and oxygen atoms in total. The number of anilines is 1. The van der Waals surface area contributed by atoms with Gasteiger partial charge in [0.05, 0.1) is 18.3 Å². The van der Waals surface area contributed by atoms with Crippen LogP contribution in [-0.4, -0.2) is 51.0 Å². The number of rotatable bonds is 6. The van der Waals surface area contributed by atoms with Crippen LogP contribution >= 0.6 is 0 Å². The molecular formula is C17H23N5O2. The molecule has 1 atom stereocenters. The minimum absolute atomic E-state index is 0.0750. The Kier molecular flexibility index (Phi) is 4.80. The van der Waals surface area contributed by atoms with Gasteiger partial charge in [0.25, 0.3) is 5.91 Å². The predicted octanol–water partition coefficient (Wildman–Crippen LogP) is 1.75. The highest BCUT2D eigenvalue weighted by molar-refractivity contribution is 5.99. The number of aliphatic hydroxyl groups is 1. The summed E-state index contributed by atoms with van der Waals surface area (Å²) in [5.74, 6) is -0.0750. The number of nitrogens with one attached hydrogen (secondary N) is 2. The molecule has 0 saturated carbocycles. The van der Waals surface area contributed by atoms with Crippen molar-refractivity contribution in [1.82, 2.24) is 20.3 Å². The average molecular weight is 329 g/mol. The third kappa shape index (κ3) is 3.26. The molecule has 1 unspecified atom stereocenters. The molecule has 0 aliphatic carbocycles. The van der Waals surface area contributed by atoms with E-state index in [9.17, 15) is 9.90 Å². The smallest absolute Gasteiger partial charge is 0.256 e. The van der Waals surface area contributed by atoms with E-state index < -0.39 is 5.60 Å². The Bertz CT molecular complexity index is 688. The van der Waals surface area contributed by atoms with Gasteiger partial charge in [-0.05, 0) is 18.6 Å². The molecule has 1 aromatic carbocycles. The second-order valence-electron chi connectivity index (χ2n) is 6.19. The third-order valence-corrected chi connectivity index (χ3v) is 4.43. The van der Waals surface area contributed by atoms with Gasteiger partial charge in [0.15, 0.2) is 0 Å². The fraction of sp³-hybridized carbons (Fsp3) is 0.471. The minimum atomic E-state index is -1.13. The number of H-pyrrole nitrogens is 1. The van der Waals surface area contributed by atoms with Gasteiger partial charge in [-0.2, -0.15) is 15.4 Å². The van der Waals surface area contributed by atoms with Gasteiger partial charge < -0.3 is 15.3 Å². The van der Waals surface area contributed by atoms with Crippen molar-refractivity contribution in [2.45, 2.75) is 31.8 Å². The Balaban J connectivity index is 1.74. The van der Waals surface area contributed by atoms with Crippen LogP contribution in [-0.2, 0) is 5.60 Å². The first-order valence-corrected chi connectivity index (χ1v) is 8.35. The fourth-order valence-electron chi connectivity index (χ4n) is 3.00. The van der Waals surface area contributed by atoms with Gasteiger partial charge in [-0.25, -0.2) is 0 Å². The Hall–Kier alpha value is -2.41. The summed E-state index contributed by atoms with van der Waals surface area (Å²) in [5.41, 5.74) is 0.825. The molecule has 0 spiro atoms. The number of nitrogens with zero attached hydrogens (tertiary/aromatic N) is 3. The summed E-state index contributed by atoms with van der Waals surface area (Å²) in [4.78, 5) is 14.6. The summed E-state index contributed by atoms with van der Waals surface area (Å²) in [5, 5.41) is 24.3. The molecule has 0 radical (unpaired) electrons. The number of unbranched alkanes of at least 4 members (excludes halogenated alkanes) is 1. The lowest BCUT2D eigenvalue weighted by Crippen LogP contribution is -2.35. The molecular weight excluding hydrogens is 306 g/mol. The number of para-hydroxylation sites is 1. The zero-order chi connectivity index (χ0) is 17.0. The van der Waals surface area contributed by atoms with E-state index in [1.165, 1.54) is 6.20 Å². The summed E-state index contributed by atoms with van der Waals surface area (Å²) in [6.45, 7) is 3.69. The van der Waals surface area contributed by atoms with Crippen molar-refractivity contribution in [1.29, 1.82) is 0 Å². The molecule has 1 aliphatic rings. The highest BCUT2D eigenvalue weighted by Crippen LogP contribution is 2.31. The number of likely N-dealkylation sites (tertiary alicyclic amines) is 1. The van der Waals surface area contributed by atoms with E-state index in [-0.39, 0.29) is 12.5 Å². The number of benzene rings is 1. The largest absolute Gasteiger partial charge is 0.384 e. The van der Waals surface area contributed by atoms with Crippen LogP contribution in [0.2, 0.25) is 0 Å². The van der Waals surface area contributed by atoms with E-state index in [2.05, 4.69) is 27.7 Å². The molecule has 2 heterocycles. The molecule has 1 amide bonds. The van der Waals surface area contributed by atoms with Gasteiger partial charge >= 0.3 is 0 Å². The van der Waals surface area contributed by atoms with Crippen LogP contribution in [0.4, 0.5) is 5.69 Å². The number of carbonyl (C=O) groups is 1. The van der Waals surface area contributed by atoms with Crippen molar-refractivity contribution in [3.8, 4) is 0 Å². The first-order chi connectivity index (χ1) is 11.6. The molecule has 3 N–H and O–H groups in total. The van der Waals surface area contributed by atoms with Crippen molar-refractivity contribution in [2.75, 3.05) is 25.0 Å². The van der Waals surface area contributed by atoms with Crippen LogP contribution in [0.1, 0.15) is 42.2 Å². The van der Waals surface area contributed by atoms with Crippen LogP contribution in [0.3, 0.4) is 0 Å². The van der Waals surface area contributed by atoms with Crippen molar-refractivity contribution in [3.05, 3.63) is 41.7 Å². The third-order valence-electron chi connectivity index (χ3n) is 4.43. The SMILES string of the molecule is CCCCNc1ccccc1C(=O)N1CCC(O)(c2cn[nH]n2)C1. The number of hydrogen-bond donors (Lipinski definition) is 3. The van der Waals surface area contributed by atoms with Gasteiger partial charge in [-0.1, -0.05) is 25.5 Å². The maximum absolute atomic E-state index is 12.9. The van der Waals surface area contributed by atoms with Gasteiger partial charge in [0, 0.05) is 25.2 Å². The van der Waals surface area contributed by atoms with Crippen LogP contribution < -0.4 is 5.32 Å².